The summed E-state index contributed by atoms with van der Waals surface area (Å²) in [5, 5.41) is 11.8. The molecule has 1 aliphatic heterocycles. The van der Waals surface area contributed by atoms with E-state index in [0.29, 0.717) is 17.1 Å². The summed E-state index contributed by atoms with van der Waals surface area (Å²) in [6.45, 7) is 0. The summed E-state index contributed by atoms with van der Waals surface area (Å²) in [6.07, 6.45) is 7.44. The molecule has 2 heterocycles. The number of hydrogen-bond acceptors (Lipinski definition) is 4. The number of carbonyl (C=O) groups is 2. The molecule has 0 saturated heterocycles. The molecule has 3 aromatic rings. The largest absolute Gasteiger partial charge is 0.378 e. The van der Waals surface area contributed by atoms with E-state index in [4.69, 9.17) is 0 Å². The van der Waals surface area contributed by atoms with Crippen LogP contribution in [0.15, 0.2) is 88.6 Å². The van der Waals surface area contributed by atoms with Crippen LogP contribution in [0.3, 0.4) is 0 Å². The van der Waals surface area contributed by atoms with Crippen molar-refractivity contribution in [3.63, 3.8) is 0 Å². The lowest BCUT2D eigenvalue weighted by molar-refractivity contribution is -0.119. The first kappa shape index (κ1) is 19.7. The second-order valence-electron chi connectivity index (χ2n) is 7.94. The quantitative estimate of drug-likeness (QED) is 0.623. The summed E-state index contributed by atoms with van der Waals surface area (Å²) < 4.78 is 0. The molecule has 0 bridgehead atoms. The third-order valence-corrected chi connectivity index (χ3v) is 5.60. The van der Waals surface area contributed by atoms with Gasteiger partial charge in [0.05, 0.1) is 11.6 Å². The Bertz CT molecular complexity index is 1360. The number of H-pyrrole nitrogens is 1. The maximum atomic E-state index is 12.8. The van der Waals surface area contributed by atoms with Crippen LogP contribution < -0.4 is 10.2 Å². The minimum atomic E-state index is -0.387. The van der Waals surface area contributed by atoms with Crippen molar-refractivity contribution in [2.45, 2.75) is 0 Å². The molecule has 0 saturated carbocycles. The van der Waals surface area contributed by atoms with Crippen molar-refractivity contribution in [3.8, 4) is 0 Å². The van der Waals surface area contributed by atoms with Gasteiger partial charge < -0.3 is 15.2 Å². The Morgan fingerprint density at radius 2 is 1.84 bits per heavy atom. The molecule has 5 rings (SSSR count). The van der Waals surface area contributed by atoms with E-state index in [1.807, 2.05) is 91.8 Å². The van der Waals surface area contributed by atoms with E-state index in [-0.39, 0.29) is 17.7 Å². The number of amides is 2. The number of hydrogen-bond donors (Lipinski definition) is 2. The van der Waals surface area contributed by atoms with Crippen molar-refractivity contribution in [1.82, 2.24) is 4.98 Å². The Morgan fingerprint density at radius 3 is 2.62 bits per heavy atom. The Balaban J connectivity index is 1.36. The summed E-state index contributed by atoms with van der Waals surface area (Å²) in [5.41, 5.74) is 5.46. The van der Waals surface area contributed by atoms with Crippen LogP contribution >= 0.6 is 0 Å². The van der Waals surface area contributed by atoms with Crippen molar-refractivity contribution < 1.29 is 9.59 Å². The van der Waals surface area contributed by atoms with Crippen LogP contribution in [0, 0.1) is 5.92 Å². The highest BCUT2D eigenvalue weighted by Gasteiger charge is 2.27. The van der Waals surface area contributed by atoms with Gasteiger partial charge in [-0.1, -0.05) is 42.5 Å². The van der Waals surface area contributed by atoms with Gasteiger partial charge in [-0.15, -0.1) is 10.2 Å². The number of azo groups is 1. The molecule has 2 N–H and O–H groups in total. The van der Waals surface area contributed by atoms with Crippen molar-refractivity contribution in [1.29, 1.82) is 0 Å². The van der Waals surface area contributed by atoms with Crippen LogP contribution in [-0.2, 0) is 4.79 Å². The van der Waals surface area contributed by atoms with Gasteiger partial charge in [-0.3, -0.25) is 9.59 Å². The molecule has 0 radical (unpaired) electrons. The molecular formula is C25H21N5O2. The zero-order valence-corrected chi connectivity index (χ0v) is 17.7. The lowest BCUT2D eigenvalue weighted by Gasteiger charge is -2.19. The first-order valence-corrected chi connectivity index (χ1v) is 10.3. The minimum Gasteiger partial charge on any atom is -0.378 e. The van der Waals surface area contributed by atoms with Gasteiger partial charge in [-0.25, -0.2) is 0 Å². The molecule has 158 valence electrons. The maximum absolute atomic E-state index is 12.8. The molecule has 2 aliphatic rings. The number of anilines is 2. The number of benzene rings is 2. The smallest absolute Gasteiger partial charge is 0.276 e. The molecule has 32 heavy (non-hydrogen) atoms. The molecule has 7 nitrogen and oxygen atoms in total. The van der Waals surface area contributed by atoms with Gasteiger partial charge in [0.25, 0.3) is 11.8 Å². The third kappa shape index (κ3) is 3.54. The van der Waals surface area contributed by atoms with Gasteiger partial charge in [0, 0.05) is 41.9 Å². The number of allylic oxidation sites excluding steroid dienone is 3. The van der Waals surface area contributed by atoms with E-state index in [1.165, 1.54) is 0 Å². The highest BCUT2D eigenvalue weighted by atomic mass is 16.2. The average Bonchev–Trinajstić information content (AvgIpc) is 3.24. The second-order valence-corrected chi connectivity index (χ2v) is 7.94. The average molecular weight is 423 g/mol. The van der Waals surface area contributed by atoms with Crippen molar-refractivity contribution in [2.75, 3.05) is 24.3 Å². The zero-order valence-electron chi connectivity index (χ0n) is 17.7. The Labute approximate surface area is 184 Å². The van der Waals surface area contributed by atoms with Gasteiger partial charge in [0.15, 0.2) is 0 Å². The Kier molecular flexibility index (Phi) is 4.78. The van der Waals surface area contributed by atoms with Crippen LogP contribution in [-0.4, -0.2) is 30.9 Å². The van der Waals surface area contributed by atoms with Gasteiger partial charge in [0.2, 0.25) is 0 Å². The Hall–Kier alpha value is -4.26. The van der Waals surface area contributed by atoms with Crippen molar-refractivity contribution in [3.05, 3.63) is 89.7 Å². The summed E-state index contributed by atoms with van der Waals surface area (Å²) in [5.74, 6) is -0.864. The Morgan fingerprint density at radius 1 is 1.03 bits per heavy atom. The predicted octanol–water partition coefficient (Wildman–Crippen LogP) is 4.93. The molecule has 7 heteroatoms. The molecule has 1 aliphatic carbocycles. The molecule has 2 aromatic carbocycles. The van der Waals surface area contributed by atoms with E-state index in [9.17, 15) is 9.59 Å². The van der Waals surface area contributed by atoms with Crippen LogP contribution in [0.2, 0.25) is 0 Å². The first-order chi connectivity index (χ1) is 15.5. The van der Waals surface area contributed by atoms with E-state index < -0.39 is 0 Å². The topological polar surface area (TPSA) is 89.9 Å². The number of nitrogens with one attached hydrogen (secondary N) is 2. The van der Waals surface area contributed by atoms with Crippen LogP contribution in [0.25, 0.3) is 16.6 Å². The van der Waals surface area contributed by atoms with Gasteiger partial charge >= 0.3 is 0 Å². The van der Waals surface area contributed by atoms with Crippen molar-refractivity contribution in [2.24, 2.45) is 16.1 Å². The molecule has 0 spiro atoms. The number of fused-ring (bicyclic) bond motifs is 2. The van der Waals surface area contributed by atoms with Gasteiger partial charge in [-0.2, -0.15) is 0 Å². The fraction of sp³-hybridized carbons (Fsp3) is 0.120. The number of aromatic amines is 1. The summed E-state index contributed by atoms with van der Waals surface area (Å²) in [4.78, 5) is 30.0. The fourth-order valence-corrected chi connectivity index (χ4v) is 3.85. The number of aromatic nitrogens is 1. The normalized spacial score (nSPS) is 17.1. The van der Waals surface area contributed by atoms with E-state index in [0.717, 1.165) is 27.7 Å². The number of rotatable bonds is 4. The summed E-state index contributed by atoms with van der Waals surface area (Å²) in [6, 6.07) is 15.2. The standard InChI is InChI=1S/C25H21N5O2/c1-30(2)18-12-9-16-13-22(27-21(16)14-18)25(32)26-17-10-7-15(8-11-17)23-19-5-3-4-6-20(19)24(31)29-28-23/h3-14,20,27H,1-2H3,(H,26,32). The summed E-state index contributed by atoms with van der Waals surface area (Å²) >= 11 is 0. The summed E-state index contributed by atoms with van der Waals surface area (Å²) in [7, 11) is 3.96. The highest BCUT2D eigenvalue weighted by molar-refractivity contribution is 6.06. The maximum Gasteiger partial charge on any atom is 0.276 e. The molecule has 0 fully saturated rings. The molecule has 1 aromatic heterocycles. The lowest BCUT2D eigenvalue weighted by atomic mass is 9.89. The van der Waals surface area contributed by atoms with E-state index >= 15 is 0 Å². The van der Waals surface area contributed by atoms with Crippen LogP contribution in [0.1, 0.15) is 16.1 Å². The van der Waals surface area contributed by atoms with E-state index in [1.54, 1.807) is 0 Å². The third-order valence-electron chi connectivity index (χ3n) is 5.60. The van der Waals surface area contributed by atoms with Crippen LogP contribution in [0.4, 0.5) is 11.4 Å². The van der Waals surface area contributed by atoms with Crippen molar-refractivity contribution >= 4 is 39.8 Å². The van der Waals surface area contributed by atoms with Gasteiger partial charge in [-0.05, 0) is 35.9 Å². The number of nitrogens with zero attached hydrogens (tertiary/aromatic N) is 3. The highest BCUT2D eigenvalue weighted by Crippen LogP contribution is 2.34. The molecule has 2 amide bonds. The second kappa shape index (κ2) is 7.77. The fourth-order valence-electron chi connectivity index (χ4n) is 3.85. The monoisotopic (exact) mass is 423 g/mol. The lowest BCUT2D eigenvalue weighted by Crippen LogP contribution is -2.17. The zero-order chi connectivity index (χ0) is 22.2. The molecule has 1 unspecified atom stereocenters. The number of carbonyl (C=O) groups excluding carboxylic acids is 2. The SMILES string of the molecule is CN(C)c1ccc2cc(C(=O)Nc3ccc(C4=C5C=CC=CC5C(=O)N=N4)cc3)[nH]c2c1. The van der Waals surface area contributed by atoms with Crippen LogP contribution in [0.5, 0.6) is 0 Å². The predicted molar refractivity (Wildman–Crippen MR) is 126 cm³/mol. The van der Waals surface area contributed by atoms with Gasteiger partial charge in [0.1, 0.15) is 5.69 Å². The molecular weight excluding hydrogens is 402 g/mol. The minimum absolute atomic E-state index is 0.217. The van der Waals surface area contributed by atoms with E-state index in [2.05, 4.69) is 20.5 Å². The molecule has 1 atom stereocenters. The first-order valence-electron chi connectivity index (χ1n) is 10.3.